The second-order valence-electron chi connectivity index (χ2n) is 7.71. The molecule has 0 bridgehead atoms. The second-order valence-corrected chi connectivity index (χ2v) is 7.71. The highest BCUT2D eigenvalue weighted by Gasteiger charge is 2.27. The van der Waals surface area contributed by atoms with Crippen LogP contribution in [0.4, 0.5) is 5.69 Å². The predicted octanol–water partition coefficient (Wildman–Crippen LogP) is 3.80. The molecule has 1 aliphatic rings. The van der Waals surface area contributed by atoms with E-state index < -0.39 is 5.97 Å². The summed E-state index contributed by atoms with van der Waals surface area (Å²) in [5.41, 5.74) is 4.78. The minimum Gasteiger partial charge on any atom is -0.481 e. The van der Waals surface area contributed by atoms with E-state index in [2.05, 4.69) is 5.32 Å². The van der Waals surface area contributed by atoms with Crippen molar-refractivity contribution in [2.24, 2.45) is 5.92 Å². The lowest BCUT2D eigenvalue weighted by Crippen LogP contribution is -2.40. The maximum atomic E-state index is 12.7. The number of rotatable bonds is 4. The largest absolute Gasteiger partial charge is 0.481 e. The maximum Gasteiger partial charge on any atom is 0.306 e. The Kier molecular flexibility index (Phi) is 6.01. The fourth-order valence-electron chi connectivity index (χ4n) is 3.94. The quantitative estimate of drug-likeness (QED) is 0.826. The van der Waals surface area contributed by atoms with Crippen LogP contribution in [-0.4, -0.2) is 40.9 Å². The van der Waals surface area contributed by atoms with Crippen LogP contribution in [0.1, 0.15) is 50.2 Å². The summed E-state index contributed by atoms with van der Waals surface area (Å²) >= 11 is 0. The van der Waals surface area contributed by atoms with Crippen molar-refractivity contribution in [1.82, 2.24) is 4.90 Å². The van der Waals surface area contributed by atoms with Crippen LogP contribution in [0.15, 0.2) is 36.4 Å². The second kappa shape index (κ2) is 8.47. The van der Waals surface area contributed by atoms with Gasteiger partial charge >= 0.3 is 5.97 Å². The Hall–Kier alpha value is -3.15. The van der Waals surface area contributed by atoms with Gasteiger partial charge in [-0.3, -0.25) is 14.4 Å². The fraction of sp³-hybridized carbons (Fsp3) is 0.348. The fourth-order valence-corrected chi connectivity index (χ4v) is 3.94. The van der Waals surface area contributed by atoms with Crippen LogP contribution in [0.2, 0.25) is 0 Å². The third-order valence-electron chi connectivity index (χ3n) is 5.43. The van der Waals surface area contributed by atoms with Crippen LogP contribution in [0.25, 0.3) is 0 Å². The number of nitrogens with one attached hydrogen (secondary N) is 1. The summed E-state index contributed by atoms with van der Waals surface area (Å²) in [7, 11) is 0. The van der Waals surface area contributed by atoms with E-state index in [0.29, 0.717) is 42.7 Å². The Labute approximate surface area is 170 Å². The topological polar surface area (TPSA) is 86.7 Å². The van der Waals surface area contributed by atoms with Gasteiger partial charge in [-0.15, -0.1) is 0 Å². The lowest BCUT2D eigenvalue weighted by molar-refractivity contribution is -0.143. The van der Waals surface area contributed by atoms with Crippen molar-refractivity contribution in [3.8, 4) is 0 Å². The van der Waals surface area contributed by atoms with E-state index >= 15 is 0 Å². The molecule has 0 radical (unpaired) electrons. The Balaban J connectivity index is 1.65. The molecule has 1 aliphatic heterocycles. The lowest BCUT2D eigenvalue weighted by Gasteiger charge is -2.30. The molecule has 2 N–H and O–H groups in total. The Bertz CT molecular complexity index is 919. The summed E-state index contributed by atoms with van der Waals surface area (Å²) in [5, 5.41) is 12.0. The first-order valence-corrected chi connectivity index (χ1v) is 9.77. The number of nitrogens with zero attached hydrogens (tertiary/aromatic N) is 1. The number of amides is 2. The van der Waals surface area contributed by atoms with Crippen molar-refractivity contribution in [3.05, 3.63) is 64.2 Å². The molecular weight excluding hydrogens is 368 g/mol. The van der Waals surface area contributed by atoms with Crippen molar-refractivity contribution < 1.29 is 19.5 Å². The zero-order valence-electron chi connectivity index (χ0n) is 17.0. The third-order valence-corrected chi connectivity index (χ3v) is 5.43. The Morgan fingerprint density at radius 2 is 1.52 bits per heavy atom. The van der Waals surface area contributed by atoms with Crippen molar-refractivity contribution in [1.29, 1.82) is 0 Å². The van der Waals surface area contributed by atoms with Gasteiger partial charge in [-0.25, -0.2) is 0 Å². The molecule has 29 heavy (non-hydrogen) atoms. The molecule has 2 aromatic carbocycles. The Morgan fingerprint density at radius 1 is 0.966 bits per heavy atom. The predicted molar refractivity (Wildman–Crippen MR) is 111 cm³/mol. The first kappa shape index (κ1) is 20.6. The molecule has 6 heteroatoms. The zero-order chi connectivity index (χ0) is 21.1. The molecule has 1 saturated heterocycles. The van der Waals surface area contributed by atoms with Crippen LogP contribution >= 0.6 is 0 Å². The van der Waals surface area contributed by atoms with E-state index in [9.17, 15) is 14.4 Å². The van der Waals surface area contributed by atoms with E-state index in [1.165, 1.54) is 0 Å². The van der Waals surface area contributed by atoms with E-state index in [-0.39, 0.29) is 17.7 Å². The van der Waals surface area contributed by atoms with E-state index in [1.54, 1.807) is 29.2 Å². The SMILES string of the molecule is Cc1cc(C)c(C(=O)Nc2ccc(C(=O)N3CCC(C(=O)O)CC3)cc2)c(C)c1. The van der Waals surface area contributed by atoms with Crippen LogP contribution in [0.3, 0.4) is 0 Å². The number of benzene rings is 2. The summed E-state index contributed by atoms with van der Waals surface area (Å²) < 4.78 is 0. The number of aliphatic carboxylic acids is 1. The van der Waals surface area contributed by atoms with Gasteiger partial charge in [0.2, 0.25) is 0 Å². The number of hydrogen-bond acceptors (Lipinski definition) is 3. The molecule has 152 valence electrons. The molecule has 0 unspecified atom stereocenters. The first-order valence-electron chi connectivity index (χ1n) is 9.77. The normalized spacial score (nSPS) is 14.5. The first-order chi connectivity index (χ1) is 13.8. The van der Waals surface area contributed by atoms with Gasteiger partial charge in [0.15, 0.2) is 0 Å². The maximum absolute atomic E-state index is 12.7. The van der Waals surface area contributed by atoms with Gasteiger partial charge in [-0.1, -0.05) is 17.7 Å². The molecule has 0 saturated carbocycles. The smallest absolute Gasteiger partial charge is 0.306 e. The van der Waals surface area contributed by atoms with Gasteiger partial charge in [0.25, 0.3) is 11.8 Å². The molecule has 0 spiro atoms. The van der Waals surface area contributed by atoms with Crippen LogP contribution < -0.4 is 5.32 Å². The highest BCUT2D eigenvalue weighted by molar-refractivity contribution is 6.06. The number of carboxylic acid groups (broad SMARTS) is 1. The number of carbonyl (C=O) groups excluding carboxylic acids is 2. The van der Waals surface area contributed by atoms with E-state index in [1.807, 2.05) is 32.9 Å². The number of piperidine rings is 1. The lowest BCUT2D eigenvalue weighted by atomic mass is 9.96. The summed E-state index contributed by atoms with van der Waals surface area (Å²) in [4.78, 5) is 38.1. The zero-order valence-corrected chi connectivity index (χ0v) is 17.0. The number of anilines is 1. The van der Waals surface area contributed by atoms with Gasteiger partial charge in [-0.05, 0) is 69.0 Å². The highest BCUT2D eigenvalue weighted by Crippen LogP contribution is 2.21. The summed E-state index contributed by atoms with van der Waals surface area (Å²) in [6.07, 6.45) is 0.953. The minimum absolute atomic E-state index is 0.114. The molecule has 1 heterocycles. The van der Waals surface area contributed by atoms with Gasteiger partial charge in [0.05, 0.1) is 5.92 Å². The Morgan fingerprint density at radius 3 is 2.03 bits per heavy atom. The molecule has 3 rings (SSSR count). The number of carbonyl (C=O) groups is 3. The summed E-state index contributed by atoms with van der Waals surface area (Å²) in [6, 6.07) is 10.8. The minimum atomic E-state index is -0.795. The van der Waals surface area contributed by atoms with Crippen molar-refractivity contribution in [2.75, 3.05) is 18.4 Å². The van der Waals surface area contributed by atoms with Gasteiger partial charge in [-0.2, -0.15) is 0 Å². The van der Waals surface area contributed by atoms with E-state index in [0.717, 1.165) is 16.7 Å². The van der Waals surface area contributed by atoms with Crippen LogP contribution in [0.5, 0.6) is 0 Å². The molecule has 2 aromatic rings. The molecule has 6 nitrogen and oxygen atoms in total. The van der Waals surface area contributed by atoms with Gasteiger partial charge in [0.1, 0.15) is 0 Å². The molecule has 2 amide bonds. The summed E-state index contributed by atoms with van der Waals surface area (Å²) in [6.45, 7) is 6.73. The molecular formula is C23H26N2O4. The highest BCUT2D eigenvalue weighted by atomic mass is 16.4. The van der Waals surface area contributed by atoms with E-state index in [4.69, 9.17) is 5.11 Å². The van der Waals surface area contributed by atoms with Gasteiger partial charge in [0, 0.05) is 29.9 Å². The molecule has 0 atom stereocenters. The monoisotopic (exact) mass is 394 g/mol. The third kappa shape index (κ3) is 4.65. The molecule has 1 fully saturated rings. The number of carboxylic acids is 1. The number of aryl methyl sites for hydroxylation is 3. The number of likely N-dealkylation sites (tertiary alicyclic amines) is 1. The summed E-state index contributed by atoms with van der Waals surface area (Å²) in [5.74, 6) is -1.45. The standard InChI is InChI=1S/C23H26N2O4/c1-14-12-15(2)20(16(3)13-14)21(26)24-19-6-4-17(5-7-19)22(27)25-10-8-18(9-11-25)23(28)29/h4-7,12-13,18H,8-11H2,1-3H3,(H,24,26)(H,28,29). The van der Waals surface area contributed by atoms with Crippen LogP contribution in [0, 0.1) is 26.7 Å². The van der Waals surface area contributed by atoms with Crippen molar-refractivity contribution in [2.45, 2.75) is 33.6 Å². The van der Waals surface area contributed by atoms with Gasteiger partial charge < -0.3 is 15.3 Å². The van der Waals surface area contributed by atoms with Crippen molar-refractivity contribution >= 4 is 23.5 Å². The van der Waals surface area contributed by atoms with Crippen molar-refractivity contribution in [3.63, 3.8) is 0 Å². The molecule has 0 aromatic heterocycles. The van der Waals surface area contributed by atoms with Crippen LogP contribution in [-0.2, 0) is 4.79 Å². The average Bonchev–Trinajstić information content (AvgIpc) is 2.67. The average molecular weight is 394 g/mol. The number of hydrogen-bond donors (Lipinski definition) is 2. The molecule has 0 aliphatic carbocycles.